The summed E-state index contributed by atoms with van der Waals surface area (Å²) in [7, 11) is 4.35. The summed E-state index contributed by atoms with van der Waals surface area (Å²) in [4.78, 5) is 83.6. The molecule has 0 aromatic rings. The summed E-state index contributed by atoms with van der Waals surface area (Å²) >= 11 is 0. The van der Waals surface area contributed by atoms with Crippen LogP contribution in [0.15, 0.2) is 45.0 Å². The first-order valence-corrected chi connectivity index (χ1v) is 14.7. The fourth-order valence-corrected chi connectivity index (χ4v) is 7.76. The lowest BCUT2D eigenvalue weighted by Crippen LogP contribution is -2.74. The molecule has 5 aliphatic rings. The summed E-state index contributed by atoms with van der Waals surface area (Å²) in [6.45, 7) is 5.14. The van der Waals surface area contributed by atoms with E-state index < -0.39 is 71.3 Å². The van der Waals surface area contributed by atoms with Gasteiger partial charge < -0.3 is 19.9 Å². The quantitative estimate of drug-likeness (QED) is 0.364. The molecule has 0 radical (unpaired) electrons. The van der Waals surface area contributed by atoms with E-state index in [0.717, 1.165) is 0 Å². The van der Waals surface area contributed by atoms with E-state index in [1.807, 2.05) is 4.90 Å². The zero-order valence-electron chi connectivity index (χ0n) is 26.3. The summed E-state index contributed by atoms with van der Waals surface area (Å²) in [6.07, 6.45) is -0.394. The minimum absolute atomic E-state index is 0.0239. The van der Waals surface area contributed by atoms with Crippen LogP contribution in [0.1, 0.15) is 47.0 Å². The molecule has 2 aliphatic carbocycles. The van der Waals surface area contributed by atoms with E-state index in [0.29, 0.717) is 5.57 Å². The van der Waals surface area contributed by atoms with Crippen molar-refractivity contribution >= 4 is 34.8 Å². The van der Waals surface area contributed by atoms with Crippen LogP contribution in [0.4, 0.5) is 0 Å². The Balaban J connectivity index is 1.67. The van der Waals surface area contributed by atoms with E-state index in [4.69, 9.17) is 9.47 Å². The van der Waals surface area contributed by atoms with Crippen LogP contribution in [-0.4, -0.2) is 113 Å². The lowest BCUT2D eigenvalue weighted by molar-refractivity contribution is -0.143. The van der Waals surface area contributed by atoms with Crippen LogP contribution in [0.3, 0.4) is 0 Å². The molecule has 2 N–H and O–H groups in total. The van der Waals surface area contributed by atoms with Crippen LogP contribution >= 0.6 is 0 Å². The highest BCUT2D eigenvalue weighted by atomic mass is 16.5. The molecule has 13 heteroatoms. The Kier molecular flexibility index (Phi) is 8.06. The number of ketones is 5. The Morgan fingerprint density at radius 2 is 1.47 bits per heavy atom. The maximum absolute atomic E-state index is 13.9. The van der Waals surface area contributed by atoms with Crippen LogP contribution in [0.25, 0.3) is 0 Å². The number of hydrogen-bond donors (Lipinski definition) is 2. The number of methoxy groups -OCH3 is 2. The first-order chi connectivity index (χ1) is 21.1. The average Bonchev–Trinajstić information content (AvgIpc) is 2.97. The molecule has 0 spiro atoms. The van der Waals surface area contributed by atoms with Crippen molar-refractivity contribution in [2.24, 2.45) is 0 Å². The van der Waals surface area contributed by atoms with Crippen molar-refractivity contribution < 1.29 is 43.3 Å². The number of amides is 1. The molecule has 5 rings (SSSR count). The van der Waals surface area contributed by atoms with Gasteiger partial charge in [0.1, 0.15) is 17.4 Å². The van der Waals surface area contributed by atoms with Crippen LogP contribution in [-0.2, 0) is 38.2 Å². The highest BCUT2D eigenvalue weighted by Crippen LogP contribution is 2.49. The molecule has 3 heterocycles. The van der Waals surface area contributed by atoms with Crippen molar-refractivity contribution in [2.45, 2.75) is 82.8 Å². The van der Waals surface area contributed by atoms with Gasteiger partial charge in [0.05, 0.1) is 32.4 Å². The fraction of sp³-hybridized carbons (Fsp3) is 0.531. The van der Waals surface area contributed by atoms with Gasteiger partial charge in [0.25, 0.3) is 5.91 Å². The van der Waals surface area contributed by atoms with Crippen LogP contribution in [0.5, 0.6) is 0 Å². The second-order valence-corrected chi connectivity index (χ2v) is 12.5. The van der Waals surface area contributed by atoms with Crippen molar-refractivity contribution in [3.8, 4) is 6.07 Å². The normalized spacial score (nSPS) is 30.0. The number of carbonyl (C=O) groups is 6. The van der Waals surface area contributed by atoms with Crippen molar-refractivity contribution in [3.05, 3.63) is 45.0 Å². The third-order valence-corrected chi connectivity index (χ3v) is 9.75. The second-order valence-electron chi connectivity index (χ2n) is 12.5. The minimum atomic E-state index is -2.06. The maximum atomic E-state index is 13.9. The van der Waals surface area contributed by atoms with E-state index in [-0.39, 0.29) is 64.6 Å². The molecule has 3 aliphatic heterocycles. The first-order valence-electron chi connectivity index (χ1n) is 14.7. The van der Waals surface area contributed by atoms with Crippen molar-refractivity contribution in [1.29, 1.82) is 5.26 Å². The topological polar surface area (TPSA) is 183 Å². The average molecular weight is 621 g/mol. The third kappa shape index (κ3) is 4.70. The van der Waals surface area contributed by atoms with Crippen molar-refractivity contribution in [3.63, 3.8) is 0 Å². The number of nitriles is 1. The number of nitrogens with one attached hydrogen (secondary N) is 1. The Morgan fingerprint density at radius 3 is 1.98 bits per heavy atom. The number of aliphatic hydroxyl groups is 1. The number of carbonyl (C=O) groups excluding carboxylic acids is 6. The van der Waals surface area contributed by atoms with Gasteiger partial charge in [0.15, 0.2) is 23.1 Å². The van der Waals surface area contributed by atoms with Gasteiger partial charge in [-0.25, -0.2) is 0 Å². The molecular weight excluding hydrogens is 584 g/mol. The van der Waals surface area contributed by atoms with E-state index in [2.05, 4.69) is 11.4 Å². The summed E-state index contributed by atoms with van der Waals surface area (Å²) in [5.41, 5.74) is -1.01. The number of piperazine rings is 1. The lowest BCUT2D eigenvalue weighted by atomic mass is 9.67. The molecule has 13 nitrogen and oxygen atoms in total. The number of hydrogen-bond acceptors (Lipinski definition) is 12. The Hall–Kier alpha value is -4.25. The number of rotatable bonds is 7. The molecule has 45 heavy (non-hydrogen) atoms. The molecule has 1 fully saturated rings. The highest BCUT2D eigenvalue weighted by Gasteiger charge is 2.60. The number of allylic oxidation sites excluding steroid dienone is 4. The van der Waals surface area contributed by atoms with E-state index in [1.165, 1.54) is 41.9 Å². The zero-order valence-corrected chi connectivity index (χ0v) is 26.3. The van der Waals surface area contributed by atoms with Crippen LogP contribution in [0.2, 0.25) is 0 Å². The van der Waals surface area contributed by atoms with Gasteiger partial charge in [-0.1, -0.05) is 0 Å². The fourth-order valence-electron chi connectivity index (χ4n) is 7.76. The van der Waals surface area contributed by atoms with E-state index in [9.17, 15) is 39.1 Å². The molecular formula is C32H36N4O9. The predicted molar refractivity (Wildman–Crippen MR) is 156 cm³/mol. The molecule has 1 amide bonds. The summed E-state index contributed by atoms with van der Waals surface area (Å²) in [5.74, 6) is -3.31. The monoisotopic (exact) mass is 620 g/mol. The maximum Gasteiger partial charge on any atom is 0.252 e. The highest BCUT2D eigenvalue weighted by molar-refractivity contribution is 6.26. The molecule has 0 aromatic heterocycles. The molecule has 0 saturated carbocycles. The summed E-state index contributed by atoms with van der Waals surface area (Å²) < 4.78 is 10.7. The first kappa shape index (κ1) is 32.2. The van der Waals surface area contributed by atoms with E-state index in [1.54, 1.807) is 11.9 Å². The number of fused-ring (bicyclic) bond motifs is 5. The van der Waals surface area contributed by atoms with Crippen LogP contribution < -0.4 is 5.32 Å². The van der Waals surface area contributed by atoms with Gasteiger partial charge >= 0.3 is 0 Å². The number of likely N-dealkylation sites (N-methyl/N-ethyl adjacent to an activating group) is 1. The van der Waals surface area contributed by atoms with Crippen LogP contribution in [0, 0.1) is 11.3 Å². The Morgan fingerprint density at radius 1 is 0.956 bits per heavy atom. The predicted octanol–water partition coefficient (Wildman–Crippen LogP) is -0.00832. The molecule has 1 saturated heterocycles. The Labute approximate surface area is 260 Å². The number of ether oxygens (including phenoxy) is 2. The summed E-state index contributed by atoms with van der Waals surface area (Å²) in [6, 6.07) is -1.75. The molecule has 0 aromatic carbocycles. The lowest BCUT2D eigenvalue weighted by Gasteiger charge is -2.60. The minimum Gasteiger partial charge on any atom is -0.492 e. The summed E-state index contributed by atoms with van der Waals surface area (Å²) in [5, 5.41) is 24.0. The third-order valence-electron chi connectivity index (χ3n) is 9.75. The molecule has 2 unspecified atom stereocenters. The number of nitrogens with zero attached hydrogens (tertiary/aromatic N) is 3. The van der Waals surface area contributed by atoms with Gasteiger partial charge in [-0.3, -0.25) is 38.6 Å². The van der Waals surface area contributed by atoms with Gasteiger partial charge in [0.2, 0.25) is 11.6 Å². The molecule has 6 atom stereocenters. The van der Waals surface area contributed by atoms with Crippen molar-refractivity contribution in [1.82, 2.24) is 15.1 Å². The second kappa shape index (κ2) is 11.3. The SMILES string of the molecule is COC1=C(C)C(=O)C2=C(C1=O)[C@@H]1[C@@H]3CC4=C(C(=O)C(OC)=C(C)C4=O)[C@H](CNC(=O)C(C)(O)CC(C)=O)N3C(C#N)[C@H](C2)N1C. The molecule has 238 valence electrons. The van der Waals surface area contributed by atoms with Crippen molar-refractivity contribution in [2.75, 3.05) is 27.8 Å². The molecule has 2 bridgehead atoms. The smallest absolute Gasteiger partial charge is 0.252 e. The Bertz CT molecular complexity index is 1640. The number of Topliss-reactive ketones (excluding diaryl/α,β-unsaturated/α-hetero) is 5. The van der Waals surface area contributed by atoms with Gasteiger partial charge in [-0.05, 0) is 47.6 Å². The van der Waals surface area contributed by atoms with E-state index >= 15 is 0 Å². The standard InChI is InChI=1S/C32H36N4O9/c1-13(37)10-32(4,43)31(42)34-12-21-22-16(25(38)14(2)29(44-6)27(22)40)9-19-24-23-17(26(39)15(3)30(45-7)28(23)41)8-18(35(24)5)20(11-33)36(19)21/h18-21,24,43H,8-10,12H2,1-7H3,(H,34,42)/t18-,19-,20?,21-,24-,32?/m0/s1. The zero-order chi connectivity index (χ0) is 33.3. The largest absolute Gasteiger partial charge is 0.492 e. The van der Waals surface area contributed by atoms with Gasteiger partial charge in [-0.2, -0.15) is 5.26 Å². The van der Waals surface area contributed by atoms with Gasteiger partial charge in [0, 0.05) is 58.5 Å². The van der Waals surface area contributed by atoms with Gasteiger partial charge in [-0.15, -0.1) is 0 Å².